The number of nitrogens with zero attached hydrogens (tertiary/aromatic N) is 1. The molecule has 28 heavy (non-hydrogen) atoms. The van der Waals surface area contributed by atoms with Crippen LogP contribution >= 0.6 is 11.3 Å². The number of benzene rings is 3. The fourth-order valence-corrected chi connectivity index (χ4v) is 3.52. The lowest BCUT2D eigenvalue weighted by Crippen LogP contribution is -2.15. The Kier molecular flexibility index (Phi) is 4.95. The maximum Gasteiger partial charge on any atom is 0.263 e. The van der Waals surface area contributed by atoms with Crippen molar-refractivity contribution in [3.8, 4) is 22.4 Å². The summed E-state index contributed by atoms with van der Waals surface area (Å²) >= 11 is 1.19. The molecule has 0 atom stereocenters. The first-order valence-corrected chi connectivity index (χ1v) is 9.36. The van der Waals surface area contributed by atoms with E-state index in [1.165, 1.54) is 17.4 Å². The normalized spacial score (nSPS) is 10.6. The van der Waals surface area contributed by atoms with E-state index < -0.39 is 23.1 Å². The molecule has 138 valence electrons. The molecule has 0 aliphatic heterocycles. The number of thiazole rings is 1. The van der Waals surface area contributed by atoms with Gasteiger partial charge in [-0.3, -0.25) is 10.1 Å². The second-order valence-electron chi connectivity index (χ2n) is 6.03. The average Bonchev–Trinajstić information content (AvgIpc) is 3.17. The van der Waals surface area contributed by atoms with Gasteiger partial charge in [-0.05, 0) is 23.3 Å². The summed E-state index contributed by atoms with van der Waals surface area (Å²) in [6, 6.07) is 21.2. The number of carbonyl (C=O) groups is 1. The topological polar surface area (TPSA) is 42.0 Å². The lowest BCUT2D eigenvalue weighted by Gasteiger charge is -2.04. The Morgan fingerprint density at radius 1 is 0.786 bits per heavy atom. The van der Waals surface area contributed by atoms with Gasteiger partial charge in [0.25, 0.3) is 5.91 Å². The van der Waals surface area contributed by atoms with Crippen LogP contribution < -0.4 is 5.32 Å². The van der Waals surface area contributed by atoms with Crippen molar-refractivity contribution >= 4 is 22.4 Å². The molecular formula is C22H14F2N2OS. The van der Waals surface area contributed by atoms with Crippen LogP contribution in [-0.2, 0) is 0 Å². The summed E-state index contributed by atoms with van der Waals surface area (Å²) in [7, 11) is 0. The lowest BCUT2D eigenvalue weighted by atomic mass is 10.0. The summed E-state index contributed by atoms with van der Waals surface area (Å²) in [6.07, 6.45) is 0. The molecule has 0 saturated carbocycles. The first-order valence-electron chi connectivity index (χ1n) is 8.48. The molecule has 1 heterocycles. The van der Waals surface area contributed by atoms with Gasteiger partial charge in [0, 0.05) is 10.9 Å². The highest BCUT2D eigenvalue weighted by atomic mass is 32.1. The van der Waals surface area contributed by atoms with Crippen LogP contribution in [-0.4, -0.2) is 10.9 Å². The quantitative estimate of drug-likeness (QED) is 0.462. The Balaban J connectivity index is 1.52. The Morgan fingerprint density at radius 3 is 2.07 bits per heavy atom. The van der Waals surface area contributed by atoms with Crippen molar-refractivity contribution in [3.63, 3.8) is 0 Å². The number of halogens is 2. The fraction of sp³-hybridized carbons (Fsp3) is 0. The summed E-state index contributed by atoms with van der Waals surface area (Å²) in [6.45, 7) is 0. The predicted octanol–water partition coefficient (Wildman–Crippen LogP) is 6.01. The third kappa shape index (κ3) is 3.68. The standard InChI is InChI=1S/C22H14F2N2OS/c23-17-7-4-8-18(24)20(17)21(27)26-22-25-19(13-28-22)16-11-9-15(10-12-16)14-5-2-1-3-6-14/h1-13H,(H,25,26,27). The maximum absolute atomic E-state index is 13.7. The van der Waals surface area contributed by atoms with E-state index >= 15 is 0 Å². The van der Waals surface area contributed by atoms with Crippen LogP contribution in [0.15, 0.2) is 78.2 Å². The Morgan fingerprint density at radius 2 is 1.39 bits per heavy atom. The van der Waals surface area contributed by atoms with Gasteiger partial charge in [0.1, 0.15) is 17.2 Å². The van der Waals surface area contributed by atoms with E-state index in [1.807, 2.05) is 54.6 Å². The van der Waals surface area contributed by atoms with Crippen LogP contribution in [0.1, 0.15) is 10.4 Å². The molecule has 0 aliphatic carbocycles. The highest BCUT2D eigenvalue weighted by molar-refractivity contribution is 7.14. The van der Waals surface area contributed by atoms with E-state index in [-0.39, 0.29) is 5.13 Å². The maximum atomic E-state index is 13.7. The van der Waals surface area contributed by atoms with E-state index in [0.717, 1.165) is 28.8 Å². The van der Waals surface area contributed by atoms with E-state index in [4.69, 9.17) is 0 Å². The smallest absolute Gasteiger partial charge is 0.263 e. The molecule has 6 heteroatoms. The van der Waals surface area contributed by atoms with E-state index in [2.05, 4.69) is 10.3 Å². The number of carbonyl (C=O) groups excluding carboxylic acids is 1. The minimum Gasteiger partial charge on any atom is -0.298 e. The molecule has 0 unspecified atom stereocenters. The monoisotopic (exact) mass is 392 g/mol. The number of hydrogen-bond acceptors (Lipinski definition) is 3. The van der Waals surface area contributed by atoms with Gasteiger partial charge in [-0.1, -0.05) is 60.7 Å². The zero-order chi connectivity index (χ0) is 19.5. The molecule has 3 nitrogen and oxygen atoms in total. The third-order valence-corrected chi connectivity index (χ3v) is 4.96. The minimum absolute atomic E-state index is 0.273. The molecule has 1 aromatic heterocycles. The second-order valence-corrected chi connectivity index (χ2v) is 6.89. The zero-order valence-corrected chi connectivity index (χ0v) is 15.3. The van der Waals surface area contributed by atoms with Crippen LogP contribution in [0.2, 0.25) is 0 Å². The van der Waals surface area contributed by atoms with Gasteiger partial charge in [0.05, 0.1) is 5.69 Å². The number of amides is 1. The van der Waals surface area contributed by atoms with Crippen LogP contribution in [0, 0.1) is 11.6 Å². The SMILES string of the molecule is O=C(Nc1nc(-c2ccc(-c3ccccc3)cc2)cs1)c1c(F)cccc1F. The van der Waals surface area contributed by atoms with Crippen molar-refractivity contribution in [2.75, 3.05) is 5.32 Å². The average molecular weight is 392 g/mol. The van der Waals surface area contributed by atoms with Crippen LogP contribution in [0.25, 0.3) is 22.4 Å². The van der Waals surface area contributed by atoms with Gasteiger partial charge in [0.2, 0.25) is 0 Å². The Labute approximate surface area is 164 Å². The molecule has 1 N–H and O–H groups in total. The molecule has 0 aliphatic rings. The number of rotatable bonds is 4. The van der Waals surface area contributed by atoms with Crippen molar-refractivity contribution < 1.29 is 13.6 Å². The van der Waals surface area contributed by atoms with E-state index in [0.29, 0.717) is 5.69 Å². The van der Waals surface area contributed by atoms with Crippen molar-refractivity contribution in [2.24, 2.45) is 0 Å². The Hall–Kier alpha value is -3.38. The molecule has 4 rings (SSSR count). The summed E-state index contributed by atoms with van der Waals surface area (Å²) in [5.74, 6) is -2.69. The number of nitrogens with one attached hydrogen (secondary N) is 1. The largest absolute Gasteiger partial charge is 0.298 e. The number of aromatic nitrogens is 1. The third-order valence-electron chi connectivity index (χ3n) is 4.20. The second kappa shape index (κ2) is 7.70. The van der Waals surface area contributed by atoms with Crippen LogP contribution in [0.4, 0.5) is 13.9 Å². The molecule has 0 saturated heterocycles. The van der Waals surface area contributed by atoms with Gasteiger partial charge in [0.15, 0.2) is 5.13 Å². The molecule has 4 aromatic rings. The summed E-state index contributed by atoms with van der Waals surface area (Å²) in [4.78, 5) is 16.5. The number of hydrogen-bond donors (Lipinski definition) is 1. The van der Waals surface area contributed by atoms with E-state index in [9.17, 15) is 13.6 Å². The molecule has 0 bridgehead atoms. The molecule has 0 radical (unpaired) electrons. The lowest BCUT2D eigenvalue weighted by molar-refractivity contribution is 0.101. The molecule has 1 amide bonds. The zero-order valence-electron chi connectivity index (χ0n) is 14.5. The highest BCUT2D eigenvalue weighted by Crippen LogP contribution is 2.28. The molecule has 0 fully saturated rings. The molecule has 0 spiro atoms. The Bertz CT molecular complexity index is 1100. The fourth-order valence-electron chi connectivity index (χ4n) is 2.80. The molecular weight excluding hydrogens is 378 g/mol. The summed E-state index contributed by atoms with van der Waals surface area (Å²) in [5, 5.41) is 4.51. The minimum atomic E-state index is -0.911. The van der Waals surface area contributed by atoms with E-state index in [1.54, 1.807) is 5.38 Å². The highest BCUT2D eigenvalue weighted by Gasteiger charge is 2.18. The first-order chi connectivity index (χ1) is 13.6. The van der Waals surface area contributed by atoms with Gasteiger partial charge in [-0.15, -0.1) is 11.3 Å². The predicted molar refractivity (Wildman–Crippen MR) is 107 cm³/mol. The first kappa shape index (κ1) is 18.0. The van der Waals surface area contributed by atoms with Gasteiger partial charge < -0.3 is 0 Å². The van der Waals surface area contributed by atoms with Gasteiger partial charge >= 0.3 is 0 Å². The van der Waals surface area contributed by atoms with Crippen LogP contribution in [0.3, 0.4) is 0 Å². The van der Waals surface area contributed by atoms with Gasteiger partial charge in [-0.2, -0.15) is 0 Å². The van der Waals surface area contributed by atoms with Gasteiger partial charge in [-0.25, -0.2) is 13.8 Å². The molecule has 3 aromatic carbocycles. The van der Waals surface area contributed by atoms with Crippen molar-refractivity contribution in [1.82, 2.24) is 4.98 Å². The van der Waals surface area contributed by atoms with Crippen molar-refractivity contribution in [2.45, 2.75) is 0 Å². The number of anilines is 1. The van der Waals surface area contributed by atoms with Crippen LogP contribution in [0.5, 0.6) is 0 Å². The summed E-state index contributed by atoms with van der Waals surface area (Å²) in [5.41, 5.74) is 3.14. The summed E-state index contributed by atoms with van der Waals surface area (Å²) < 4.78 is 27.5. The van der Waals surface area contributed by atoms with Crippen molar-refractivity contribution in [3.05, 3.63) is 95.4 Å². The van der Waals surface area contributed by atoms with Crippen molar-refractivity contribution in [1.29, 1.82) is 0 Å².